The number of carboxylic acid groups (broad SMARTS) is 1. The summed E-state index contributed by atoms with van der Waals surface area (Å²) in [6.07, 6.45) is 1.44. The maximum absolute atomic E-state index is 10.9. The third-order valence-corrected chi connectivity index (χ3v) is 5.30. The highest BCUT2D eigenvalue weighted by Gasteiger charge is 2.21. The van der Waals surface area contributed by atoms with Gasteiger partial charge < -0.3 is 10.2 Å². The molecule has 0 aliphatic heterocycles. The Morgan fingerprint density at radius 2 is 1.64 bits per heavy atom. The first-order valence-electron chi connectivity index (χ1n) is 10.1. The molecule has 1 unspecified atom stereocenters. The summed E-state index contributed by atoms with van der Waals surface area (Å²) in [5, 5.41) is 19.6. The Kier molecular flexibility index (Phi) is 8.06. The maximum Gasteiger partial charge on any atom is 0.303 e. The highest BCUT2D eigenvalue weighted by atomic mass is 16.4. The lowest BCUT2D eigenvalue weighted by molar-refractivity contribution is -0.136. The van der Waals surface area contributed by atoms with Crippen LogP contribution in [-0.2, 0) is 11.2 Å². The van der Waals surface area contributed by atoms with Crippen molar-refractivity contribution in [2.24, 2.45) is 0 Å². The van der Waals surface area contributed by atoms with Gasteiger partial charge in [0.25, 0.3) is 0 Å². The summed E-state index contributed by atoms with van der Waals surface area (Å²) in [5.41, 5.74) is 2.99. The molecule has 2 aromatic rings. The predicted molar refractivity (Wildman–Crippen MR) is 114 cm³/mol. The average Bonchev–Trinajstić information content (AvgIpc) is 2.65. The Balaban J connectivity index is 2.34. The largest absolute Gasteiger partial charge is 0.508 e. The van der Waals surface area contributed by atoms with Crippen molar-refractivity contribution in [3.8, 4) is 5.75 Å². The first kappa shape index (κ1) is 22.0. The second-order valence-electron chi connectivity index (χ2n) is 7.96. The number of carbonyl (C=O) groups is 1. The summed E-state index contributed by atoms with van der Waals surface area (Å²) in [4.78, 5) is 13.4. The lowest BCUT2D eigenvalue weighted by Gasteiger charge is -2.32. The number of hydrogen-bond donors (Lipinski definition) is 2. The molecule has 0 aromatic heterocycles. The van der Waals surface area contributed by atoms with Crippen LogP contribution in [0.4, 0.5) is 0 Å². The van der Waals surface area contributed by atoms with Crippen molar-refractivity contribution in [3.63, 3.8) is 0 Å². The molecule has 1 atom stereocenters. The minimum atomic E-state index is -0.807. The van der Waals surface area contributed by atoms with Gasteiger partial charge in [0, 0.05) is 30.0 Å². The number of hydrogen-bond acceptors (Lipinski definition) is 3. The highest BCUT2D eigenvalue weighted by molar-refractivity contribution is 5.67. The van der Waals surface area contributed by atoms with Crippen LogP contribution in [0.2, 0.25) is 0 Å². The normalized spacial score (nSPS) is 12.7. The lowest BCUT2D eigenvalue weighted by Crippen LogP contribution is -2.38. The molecule has 2 rings (SSSR count). The zero-order valence-corrected chi connectivity index (χ0v) is 17.4. The van der Waals surface area contributed by atoms with E-state index in [1.807, 2.05) is 30.3 Å². The number of nitrogens with zero attached hydrogens (tertiary/aromatic N) is 1. The zero-order chi connectivity index (χ0) is 20.7. The maximum atomic E-state index is 10.9. The number of phenolic OH excluding ortho intramolecular Hbond substituents is 1. The number of carboxylic acids is 1. The average molecular weight is 384 g/mol. The number of phenols is 1. The van der Waals surface area contributed by atoms with E-state index in [2.05, 4.69) is 44.7 Å². The second-order valence-corrected chi connectivity index (χ2v) is 7.96. The van der Waals surface area contributed by atoms with Crippen LogP contribution in [-0.4, -0.2) is 39.7 Å². The van der Waals surface area contributed by atoms with Crippen LogP contribution >= 0.6 is 0 Å². The van der Waals surface area contributed by atoms with Gasteiger partial charge >= 0.3 is 5.97 Å². The number of rotatable bonds is 10. The van der Waals surface area contributed by atoms with E-state index in [4.69, 9.17) is 5.11 Å². The predicted octanol–water partition coefficient (Wildman–Crippen LogP) is 5.05. The fourth-order valence-electron chi connectivity index (χ4n) is 3.87. The Bertz CT molecular complexity index is 748. The molecule has 2 aromatic carbocycles. The van der Waals surface area contributed by atoms with Crippen LogP contribution in [0, 0.1) is 0 Å². The summed E-state index contributed by atoms with van der Waals surface area (Å²) in [5.74, 6) is -0.474. The van der Waals surface area contributed by atoms with Gasteiger partial charge in [0.2, 0.25) is 0 Å². The van der Waals surface area contributed by atoms with Gasteiger partial charge in [0.1, 0.15) is 5.75 Å². The van der Waals surface area contributed by atoms with E-state index in [0.29, 0.717) is 18.5 Å². The summed E-state index contributed by atoms with van der Waals surface area (Å²) < 4.78 is 0. The SMILES string of the molecule is CC(C)N(CCC(c1ccccc1)c1cc(CCC(=O)O)ccc1O)C(C)C. The molecule has 4 nitrogen and oxygen atoms in total. The van der Waals surface area contributed by atoms with E-state index in [-0.39, 0.29) is 18.1 Å². The molecule has 152 valence electrons. The lowest BCUT2D eigenvalue weighted by atomic mass is 9.86. The van der Waals surface area contributed by atoms with E-state index in [1.165, 1.54) is 5.56 Å². The fraction of sp³-hybridized carbons (Fsp3) is 0.458. The quantitative estimate of drug-likeness (QED) is 0.603. The summed E-state index contributed by atoms with van der Waals surface area (Å²) >= 11 is 0. The van der Waals surface area contributed by atoms with Gasteiger partial charge in [0.15, 0.2) is 0 Å². The van der Waals surface area contributed by atoms with Crippen LogP contribution in [0.5, 0.6) is 5.75 Å². The van der Waals surface area contributed by atoms with Gasteiger partial charge in [-0.05, 0) is 64.3 Å². The Morgan fingerprint density at radius 1 is 1.00 bits per heavy atom. The van der Waals surface area contributed by atoms with Crippen molar-refractivity contribution in [3.05, 3.63) is 65.2 Å². The van der Waals surface area contributed by atoms with Crippen molar-refractivity contribution in [2.45, 2.75) is 65.0 Å². The van der Waals surface area contributed by atoms with Crippen LogP contribution in [0.3, 0.4) is 0 Å². The van der Waals surface area contributed by atoms with E-state index in [0.717, 1.165) is 24.1 Å². The van der Waals surface area contributed by atoms with Crippen LogP contribution in [0.15, 0.2) is 48.5 Å². The molecule has 0 spiro atoms. The van der Waals surface area contributed by atoms with Gasteiger partial charge in [-0.1, -0.05) is 42.5 Å². The first-order chi connectivity index (χ1) is 13.3. The summed E-state index contributed by atoms with van der Waals surface area (Å²) in [7, 11) is 0. The smallest absolute Gasteiger partial charge is 0.303 e. The Morgan fingerprint density at radius 3 is 2.21 bits per heavy atom. The third kappa shape index (κ3) is 6.10. The zero-order valence-electron chi connectivity index (χ0n) is 17.4. The molecule has 0 radical (unpaired) electrons. The van der Waals surface area contributed by atoms with Gasteiger partial charge in [0.05, 0.1) is 0 Å². The Hall–Kier alpha value is -2.33. The van der Waals surface area contributed by atoms with Crippen molar-refractivity contribution in [1.82, 2.24) is 4.90 Å². The molecule has 0 saturated heterocycles. The third-order valence-electron chi connectivity index (χ3n) is 5.30. The second kappa shape index (κ2) is 10.3. The summed E-state index contributed by atoms with van der Waals surface area (Å²) in [6.45, 7) is 9.76. The summed E-state index contributed by atoms with van der Waals surface area (Å²) in [6, 6.07) is 16.6. The molecule has 0 bridgehead atoms. The highest BCUT2D eigenvalue weighted by Crippen LogP contribution is 2.35. The minimum absolute atomic E-state index is 0.0611. The monoisotopic (exact) mass is 383 g/mol. The van der Waals surface area contributed by atoms with Crippen molar-refractivity contribution >= 4 is 5.97 Å². The molecule has 4 heteroatoms. The minimum Gasteiger partial charge on any atom is -0.508 e. The van der Waals surface area contributed by atoms with Crippen LogP contribution in [0.25, 0.3) is 0 Å². The van der Waals surface area contributed by atoms with Crippen molar-refractivity contribution in [1.29, 1.82) is 0 Å². The van der Waals surface area contributed by atoms with E-state index < -0.39 is 5.97 Å². The molecule has 0 saturated carbocycles. The molecule has 28 heavy (non-hydrogen) atoms. The van der Waals surface area contributed by atoms with Gasteiger partial charge in [-0.3, -0.25) is 9.69 Å². The Labute approximate surface area is 168 Å². The molecule has 0 aliphatic rings. The van der Waals surface area contributed by atoms with Gasteiger partial charge in [-0.2, -0.15) is 0 Å². The van der Waals surface area contributed by atoms with Crippen LogP contribution < -0.4 is 0 Å². The number of aromatic hydroxyl groups is 1. The molecule has 0 aliphatic carbocycles. The van der Waals surface area contributed by atoms with E-state index in [9.17, 15) is 9.90 Å². The molecular formula is C24H33NO3. The van der Waals surface area contributed by atoms with Gasteiger partial charge in [-0.25, -0.2) is 0 Å². The van der Waals surface area contributed by atoms with E-state index in [1.54, 1.807) is 6.07 Å². The van der Waals surface area contributed by atoms with Gasteiger partial charge in [-0.15, -0.1) is 0 Å². The topological polar surface area (TPSA) is 60.8 Å². The molecule has 0 amide bonds. The standard InChI is InChI=1S/C24H33NO3/c1-17(2)25(18(3)4)15-14-21(20-8-6-5-7-9-20)22-16-19(10-12-23(22)26)11-13-24(27)28/h5-10,12,16-18,21,26H,11,13-15H2,1-4H3,(H,27,28). The van der Waals surface area contributed by atoms with Crippen LogP contribution in [0.1, 0.15) is 63.1 Å². The molecule has 0 fully saturated rings. The van der Waals surface area contributed by atoms with E-state index >= 15 is 0 Å². The molecule has 2 N–H and O–H groups in total. The molecule has 0 heterocycles. The number of benzene rings is 2. The molecular weight excluding hydrogens is 350 g/mol. The number of aryl methyl sites for hydroxylation is 1. The van der Waals surface area contributed by atoms with Crippen molar-refractivity contribution in [2.75, 3.05) is 6.54 Å². The first-order valence-corrected chi connectivity index (χ1v) is 10.1. The number of aliphatic carboxylic acids is 1. The van der Waals surface area contributed by atoms with Crippen molar-refractivity contribution < 1.29 is 15.0 Å². The fourth-order valence-corrected chi connectivity index (χ4v) is 3.87.